The Bertz CT molecular complexity index is 286. The second kappa shape index (κ2) is 6.30. The van der Waals surface area contributed by atoms with Crippen LogP contribution in [0, 0.1) is 5.92 Å². The molecule has 0 aliphatic heterocycles. The summed E-state index contributed by atoms with van der Waals surface area (Å²) in [5, 5.41) is 11.3. The second-order valence-corrected chi connectivity index (χ2v) is 4.24. The summed E-state index contributed by atoms with van der Waals surface area (Å²) in [6.45, 7) is 2.13. The van der Waals surface area contributed by atoms with Gasteiger partial charge in [0, 0.05) is 18.2 Å². The predicted octanol–water partition coefficient (Wildman–Crippen LogP) is 1.71. The SMILES string of the molecule is CCC1CCCCC1NC(=O)/C=C/C(=O)O. The fraction of sp³-hybridized carbons (Fsp3) is 0.667. The maximum atomic E-state index is 11.4. The Hall–Kier alpha value is -1.32. The molecule has 2 N–H and O–H groups in total. The molecule has 4 heteroatoms. The van der Waals surface area contributed by atoms with Gasteiger partial charge >= 0.3 is 5.97 Å². The van der Waals surface area contributed by atoms with Gasteiger partial charge in [0.1, 0.15) is 0 Å². The lowest BCUT2D eigenvalue weighted by Gasteiger charge is -2.31. The van der Waals surface area contributed by atoms with Crippen molar-refractivity contribution in [2.45, 2.75) is 45.1 Å². The number of hydrogen-bond acceptors (Lipinski definition) is 2. The van der Waals surface area contributed by atoms with E-state index in [0.29, 0.717) is 5.92 Å². The lowest BCUT2D eigenvalue weighted by Crippen LogP contribution is -2.41. The van der Waals surface area contributed by atoms with E-state index in [9.17, 15) is 9.59 Å². The first kappa shape index (κ1) is 12.7. The number of nitrogens with one attached hydrogen (secondary N) is 1. The van der Waals surface area contributed by atoms with Gasteiger partial charge in [0.25, 0.3) is 0 Å². The van der Waals surface area contributed by atoms with Crippen molar-refractivity contribution < 1.29 is 14.7 Å². The highest BCUT2D eigenvalue weighted by molar-refractivity contribution is 5.94. The third-order valence-corrected chi connectivity index (χ3v) is 3.14. The molecule has 0 aromatic heterocycles. The second-order valence-electron chi connectivity index (χ2n) is 4.24. The standard InChI is InChI=1S/C12H19NO3/c1-2-9-5-3-4-6-10(9)13-11(14)7-8-12(15)16/h7-10H,2-6H2,1H3,(H,13,14)(H,15,16)/b8-7+. The van der Waals surface area contributed by atoms with Gasteiger partial charge in [0.15, 0.2) is 0 Å². The Balaban J connectivity index is 2.45. The van der Waals surface area contributed by atoms with Crippen LogP contribution in [-0.4, -0.2) is 23.0 Å². The average molecular weight is 225 g/mol. The maximum absolute atomic E-state index is 11.4. The van der Waals surface area contributed by atoms with E-state index >= 15 is 0 Å². The molecule has 1 aliphatic rings. The molecule has 0 saturated heterocycles. The molecule has 1 amide bonds. The molecule has 1 rings (SSSR count). The minimum absolute atomic E-state index is 0.213. The first-order valence-corrected chi connectivity index (χ1v) is 5.85. The molecule has 1 saturated carbocycles. The zero-order chi connectivity index (χ0) is 12.0. The topological polar surface area (TPSA) is 66.4 Å². The van der Waals surface area contributed by atoms with Gasteiger partial charge in [-0.15, -0.1) is 0 Å². The van der Waals surface area contributed by atoms with Crippen LogP contribution in [0.15, 0.2) is 12.2 Å². The van der Waals surface area contributed by atoms with Gasteiger partial charge in [0.05, 0.1) is 0 Å². The smallest absolute Gasteiger partial charge is 0.328 e. The molecular weight excluding hydrogens is 206 g/mol. The minimum Gasteiger partial charge on any atom is -0.478 e. The summed E-state index contributed by atoms with van der Waals surface area (Å²) in [5.74, 6) is -0.852. The molecule has 0 radical (unpaired) electrons. The Morgan fingerprint density at radius 2 is 2.00 bits per heavy atom. The quantitative estimate of drug-likeness (QED) is 0.716. The van der Waals surface area contributed by atoms with Gasteiger partial charge in [0.2, 0.25) is 5.91 Å². The Morgan fingerprint density at radius 1 is 1.31 bits per heavy atom. The zero-order valence-electron chi connectivity index (χ0n) is 9.61. The first-order chi connectivity index (χ1) is 7.63. The first-order valence-electron chi connectivity index (χ1n) is 5.85. The molecule has 1 fully saturated rings. The van der Waals surface area contributed by atoms with Gasteiger partial charge in [-0.3, -0.25) is 4.79 Å². The van der Waals surface area contributed by atoms with E-state index in [1.54, 1.807) is 0 Å². The molecule has 16 heavy (non-hydrogen) atoms. The summed E-state index contributed by atoms with van der Waals surface area (Å²) < 4.78 is 0. The maximum Gasteiger partial charge on any atom is 0.328 e. The molecule has 4 nitrogen and oxygen atoms in total. The number of hydrogen-bond donors (Lipinski definition) is 2. The van der Waals surface area contributed by atoms with Gasteiger partial charge in [-0.1, -0.05) is 26.2 Å². The molecule has 1 aliphatic carbocycles. The van der Waals surface area contributed by atoms with Gasteiger partial charge in [-0.2, -0.15) is 0 Å². The highest BCUT2D eigenvalue weighted by Gasteiger charge is 2.24. The average Bonchev–Trinajstić information content (AvgIpc) is 2.27. The summed E-state index contributed by atoms with van der Waals surface area (Å²) in [6, 6.07) is 0.213. The van der Waals surface area contributed by atoms with E-state index in [-0.39, 0.29) is 11.9 Å². The largest absolute Gasteiger partial charge is 0.478 e. The van der Waals surface area contributed by atoms with Crippen molar-refractivity contribution in [3.63, 3.8) is 0 Å². The van der Waals surface area contributed by atoms with Crippen LogP contribution in [-0.2, 0) is 9.59 Å². The normalized spacial score (nSPS) is 25.6. The van der Waals surface area contributed by atoms with Crippen LogP contribution < -0.4 is 5.32 Å². The number of rotatable bonds is 4. The van der Waals surface area contributed by atoms with E-state index in [1.165, 1.54) is 6.42 Å². The summed E-state index contributed by atoms with van der Waals surface area (Å²) in [5.41, 5.74) is 0. The predicted molar refractivity (Wildman–Crippen MR) is 61.0 cm³/mol. The van der Waals surface area contributed by atoms with E-state index in [1.807, 2.05) is 0 Å². The molecule has 0 bridgehead atoms. The number of amides is 1. The summed E-state index contributed by atoms with van der Waals surface area (Å²) >= 11 is 0. The molecule has 2 atom stereocenters. The van der Waals surface area contributed by atoms with E-state index in [2.05, 4.69) is 12.2 Å². The highest BCUT2D eigenvalue weighted by Crippen LogP contribution is 2.26. The van der Waals surface area contributed by atoms with E-state index in [4.69, 9.17) is 5.11 Å². The number of carbonyl (C=O) groups is 2. The third kappa shape index (κ3) is 4.04. The van der Waals surface area contributed by atoms with Crippen molar-refractivity contribution in [1.29, 1.82) is 0 Å². The summed E-state index contributed by atoms with van der Waals surface area (Å²) in [4.78, 5) is 21.7. The summed E-state index contributed by atoms with van der Waals surface area (Å²) in [6.07, 6.45) is 7.56. The molecule has 0 aromatic rings. The molecule has 0 aromatic carbocycles. The minimum atomic E-state index is -1.09. The third-order valence-electron chi connectivity index (χ3n) is 3.14. The van der Waals surface area contributed by atoms with E-state index < -0.39 is 5.97 Å². The van der Waals surface area contributed by atoms with Crippen molar-refractivity contribution in [3.05, 3.63) is 12.2 Å². The highest BCUT2D eigenvalue weighted by atomic mass is 16.4. The van der Waals surface area contributed by atoms with Crippen molar-refractivity contribution in [3.8, 4) is 0 Å². The van der Waals surface area contributed by atoms with Gasteiger partial charge in [-0.05, 0) is 18.8 Å². The Kier molecular flexibility index (Phi) is 5.02. The van der Waals surface area contributed by atoms with Crippen LogP contribution in [0.25, 0.3) is 0 Å². The fourth-order valence-electron chi connectivity index (χ4n) is 2.26. The molecule has 0 spiro atoms. The number of carbonyl (C=O) groups excluding carboxylic acids is 1. The molecular formula is C12H19NO3. The molecule has 0 heterocycles. The molecule has 90 valence electrons. The van der Waals surface area contributed by atoms with Crippen molar-refractivity contribution in [1.82, 2.24) is 5.32 Å². The lowest BCUT2D eigenvalue weighted by molar-refractivity contribution is -0.131. The van der Waals surface area contributed by atoms with Crippen LogP contribution in [0.2, 0.25) is 0 Å². The van der Waals surface area contributed by atoms with Crippen molar-refractivity contribution >= 4 is 11.9 Å². The van der Waals surface area contributed by atoms with Crippen LogP contribution in [0.5, 0.6) is 0 Å². The van der Waals surface area contributed by atoms with Crippen LogP contribution >= 0.6 is 0 Å². The Labute approximate surface area is 95.7 Å². The monoisotopic (exact) mass is 225 g/mol. The number of aliphatic carboxylic acids is 1. The number of carboxylic acids is 1. The van der Waals surface area contributed by atoms with Crippen molar-refractivity contribution in [2.75, 3.05) is 0 Å². The van der Waals surface area contributed by atoms with Crippen LogP contribution in [0.3, 0.4) is 0 Å². The summed E-state index contributed by atoms with van der Waals surface area (Å²) in [7, 11) is 0. The molecule has 2 unspecified atom stereocenters. The lowest BCUT2D eigenvalue weighted by atomic mass is 9.83. The fourth-order valence-corrected chi connectivity index (χ4v) is 2.26. The zero-order valence-corrected chi connectivity index (χ0v) is 9.61. The number of carboxylic acid groups (broad SMARTS) is 1. The van der Waals surface area contributed by atoms with Crippen LogP contribution in [0.4, 0.5) is 0 Å². The van der Waals surface area contributed by atoms with Gasteiger partial charge in [-0.25, -0.2) is 4.79 Å². The van der Waals surface area contributed by atoms with Crippen molar-refractivity contribution in [2.24, 2.45) is 5.92 Å². The Morgan fingerprint density at radius 3 is 2.62 bits per heavy atom. The van der Waals surface area contributed by atoms with E-state index in [0.717, 1.165) is 37.8 Å². The van der Waals surface area contributed by atoms with Crippen LogP contribution in [0.1, 0.15) is 39.0 Å². The van der Waals surface area contributed by atoms with Gasteiger partial charge < -0.3 is 10.4 Å².